The summed E-state index contributed by atoms with van der Waals surface area (Å²) in [5.74, 6) is 0.238. The summed E-state index contributed by atoms with van der Waals surface area (Å²) in [6.07, 6.45) is 1.50. The number of aryl methyl sites for hydroxylation is 1. The van der Waals surface area contributed by atoms with E-state index in [-0.39, 0.29) is 5.91 Å². The van der Waals surface area contributed by atoms with Crippen molar-refractivity contribution in [1.82, 2.24) is 15.1 Å². The van der Waals surface area contributed by atoms with Gasteiger partial charge in [0.1, 0.15) is 17.7 Å². The Balaban J connectivity index is 1.80. The Morgan fingerprint density at radius 3 is 2.34 bits per heavy atom. The van der Waals surface area contributed by atoms with Crippen molar-refractivity contribution in [2.75, 3.05) is 31.1 Å². The molecule has 2 heterocycles. The molecule has 1 amide bonds. The number of nitrogens with two attached hydrogens (primary N) is 1. The standard InChI is InChI=1S/C21H25ClN6O/c1-3-16-17(13-23)21(26-25-18(16)4-2)28-11-9-27(10-12-28)19(20(24)29)14-5-7-15(22)8-6-14/h5-8,19H,3-4,9-12H2,1-2H3,(H2,24,29). The first-order valence-electron chi connectivity index (χ1n) is 9.82. The lowest BCUT2D eigenvalue weighted by atomic mass is 10.0. The van der Waals surface area contributed by atoms with Gasteiger partial charge in [0.25, 0.3) is 0 Å². The van der Waals surface area contributed by atoms with Crippen LogP contribution < -0.4 is 10.6 Å². The van der Waals surface area contributed by atoms with Gasteiger partial charge in [0.15, 0.2) is 5.82 Å². The highest BCUT2D eigenvalue weighted by atomic mass is 35.5. The molecule has 8 heteroatoms. The van der Waals surface area contributed by atoms with E-state index in [0.29, 0.717) is 42.6 Å². The van der Waals surface area contributed by atoms with E-state index in [1.165, 1.54) is 0 Å². The van der Waals surface area contributed by atoms with Gasteiger partial charge in [-0.25, -0.2) is 0 Å². The molecule has 2 aromatic rings. The maximum atomic E-state index is 12.2. The minimum atomic E-state index is -0.510. The van der Waals surface area contributed by atoms with E-state index in [9.17, 15) is 10.1 Å². The normalized spacial score (nSPS) is 15.7. The number of rotatable bonds is 6. The summed E-state index contributed by atoms with van der Waals surface area (Å²) in [6.45, 7) is 6.57. The number of hydrogen-bond donors (Lipinski definition) is 1. The zero-order valence-electron chi connectivity index (χ0n) is 16.7. The van der Waals surface area contributed by atoms with Crippen LogP contribution in [0.1, 0.15) is 42.3 Å². The van der Waals surface area contributed by atoms with Crippen molar-refractivity contribution in [3.63, 3.8) is 0 Å². The zero-order valence-corrected chi connectivity index (χ0v) is 17.5. The predicted octanol–water partition coefficient (Wildman–Crippen LogP) is 2.48. The average Bonchev–Trinajstić information content (AvgIpc) is 2.74. The van der Waals surface area contributed by atoms with Gasteiger partial charge in [-0.1, -0.05) is 37.6 Å². The number of piperazine rings is 1. The maximum Gasteiger partial charge on any atom is 0.239 e. The van der Waals surface area contributed by atoms with E-state index in [0.717, 1.165) is 29.7 Å². The highest BCUT2D eigenvalue weighted by Gasteiger charge is 2.30. The van der Waals surface area contributed by atoms with Gasteiger partial charge in [-0.15, -0.1) is 5.10 Å². The number of benzene rings is 1. The molecule has 0 spiro atoms. The number of carbonyl (C=O) groups is 1. The lowest BCUT2D eigenvalue weighted by Gasteiger charge is -2.39. The number of anilines is 1. The van der Waals surface area contributed by atoms with Crippen molar-refractivity contribution < 1.29 is 4.79 Å². The molecule has 1 fully saturated rings. The Kier molecular flexibility index (Phi) is 6.68. The molecule has 29 heavy (non-hydrogen) atoms. The number of carbonyl (C=O) groups excluding carboxylic acids is 1. The van der Waals surface area contributed by atoms with Crippen molar-refractivity contribution in [2.45, 2.75) is 32.7 Å². The minimum Gasteiger partial charge on any atom is -0.368 e. The van der Waals surface area contributed by atoms with E-state index >= 15 is 0 Å². The third-order valence-electron chi connectivity index (χ3n) is 5.37. The number of nitriles is 1. The molecule has 7 nitrogen and oxygen atoms in total. The molecule has 1 aliphatic heterocycles. The zero-order chi connectivity index (χ0) is 21.0. The Bertz CT molecular complexity index is 916. The number of nitrogens with zero attached hydrogens (tertiary/aromatic N) is 5. The smallest absolute Gasteiger partial charge is 0.239 e. The molecular formula is C21H25ClN6O. The lowest BCUT2D eigenvalue weighted by molar-refractivity contribution is -0.123. The average molecular weight is 413 g/mol. The summed E-state index contributed by atoms with van der Waals surface area (Å²) >= 11 is 5.97. The van der Waals surface area contributed by atoms with Crippen molar-refractivity contribution in [2.24, 2.45) is 5.73 Å². The molecule has 1 atom stereocenters. The largest absolute Gasteiger partial charge is 0.368 e. The van der Waals surface area contributed by atoms with Crippen LogP contribution in [0.5, 0.6) is 0 Å². The predicted molar refractivity (Wildman–Crippen MR) is 113 cm³/mol. The Hall–Kier alpha value is -2.69. The van der Waals surface area contributed by atoms with Crippen LogP contribution in [0, 0.1) is 11.3 Å². The first-order chi connectivity index (χ1) is 14.0. The molecule has 0 radical (unpaired) electrons. The second kappa shape index (κ2) is 9.21. The summed E-state index contributed by atoms with van der Waals surface area (Å²) in [5.41, 5.74) is 8.99. The van der Waals surface area contributed by atoms with E-state index < -0.39 is 6.04 Å². The van der Waals surface area contributed by atoms with Crippen molar-refractivity contribution in [1.29, 1.82) is 5.26 Å². The van der Waals surface area contributed by atoms with Gasteiger partial charge < -0.3 is 10.6 Å². The van der Waals surface area contributed by atoms with Crippen LogP contribution in [0.2, 0.25) is 5.02 Å². The monoisotopic (exact) mass is 412 g/mol. The van der Waals surface area contributed by atoms with Gasteiger partial charge in [-0.3, -0.25) is 9.69 Å². The highest BCUT2D eigenvalue weighted by Crippen LogP contribution is 2.27. The van der Waals surface area contributed by atoms with Crippen molar-refractivity contribution in [3.8, 4) is 6.07 Å². The van der Waals surface area contributed by atoms with Gasteiger partial charge in [0.05, 0.1) is 5.69 Å². The van der Waals surface area contributed by atoms with E-state index in [4.69, 9.17) is 17.3 Å². The molecule has 3 rings (SSSR count). The minimum absolute atomic E-state index is 0.390. The van der Waals surface area contributed by atoms with Crippen LogP contribution in [-0.2, 0) is 17.6 Å². The van der Waals surface area contributed by atoms with Gasteiger partial charge in [0.2, 0.25) is 5.91 Å². The fraction of sp³-hybridized carbons (Fsp3) is 0.429. The van der Waals surface area contributed by atoms with Crippen LogP contribution >= 0.6 is 11.6 Å². The van der Waals surface area contributed by atoms with Crippen molar-refractivity contribution in [3.05, 3.63) is 51.7 Å². The van der Waals surface area contributed by atoms with Gasteiger partial charge >= 0.3 is 0 Å². The highest BCUT2D eigenvalue weighted by molar-refractivity contribution is 6.30. The summed E-state index contributed by atoms with van der Waals surface area (Å²) in [7, 11) is 0. The van der Waals surface area contributed by atoms with Gasteiger partial charge in [0, 0.05) is 31.2 Å². The third-order valence-corrected chi connectivity index (χ3v) is 5.63. The first-order valence-corrected chi connectivity index (χ1v) is 10.2. The molecule has 2 N–H and O–H groups in total. The summed E-state index contributed by atoms with van der Waals surface area (Å²) in [5, 5.41) is 19.1. The Morgan fingerprint density at radius 2 is 1.83 bits per heavy atom. The molecule has 152 valence electrons. The van der Waals surface area contributed by atoms with E-state index in [1.54, 1.807) is 12.1 Å². The Labute approximate surface area is 176 Å². The molecule has 0 saturated carbocycles. The van der Waals surface area contributed by atoms with Gasteiger partial charge in [-0.05, 0) is 36.1 Å². The number of aromatic nitrogens is 2. The fourth-order valence-electron chi connectivity index (χ4n) is 3.89. The topological polar surface area (TPSA) is 99.1 Å². The van der Waals surface area contributed by atoms with Crippen LogP contribution in [0.25, 0.3) is 0 Å². The number of halogens is 1. The third kappa shape index (κ3) is 4.34. The molecule has 0 bridgehead atoms. The Morgan fingerprint density at radius 1 is 1.17 bits per heavy atom. The fourth-order valence-corrected chi connectivity index (χ4v) is 4.02. The summed E-state index contributed by atoms with van der Waals surface area (Å²) in [6, 6.07) is 9.01. The lowest BCUT2D eigenvalue weighted by Crippen LogP contribution is -2.50. The first kappa shape index (κ1) is 21.0. The van der Waals surface area contributed by atoms with Crippen LogP contribution in [0.15, 0.2) is 24.3 Å². The SMILES string of the molecule is CCc1nnc(N2CCN(C(C(N)=O)c3ccc(Cl)cc3)CC2)c(C#N)c1CC. The molecule has 1 unspecified atom stereocenters. The number of hydrogen-bond acceptors (Lipinski definition) is 6. The molecule has 0 aliphatic carbocycles. The molecule has 1 aromatic carbocycles. The molecule has 1 saturated heterocycles. The molecule has 1 aliphatic rings. The van der Waals surface area contributed by atoms with Gasteiger partial charge in [-0.2, -0.15) is 10.4 Å². The van der Waals surface area contributed by atoms with Crippen LogP contribution in [-0.4, -0.2) is 47.2 Å². The number of primary amides is 1. The van der Waals surface area contributed by atoms with Crippen LogP contribution in [0.3, 0.4) is 0 Å². The molecule has 1 aromatic heterocycles. The second-order valence-corrected chi connectivity index (χ2v) is 7.46. The van der Waals surface area contributed by atoms with E-state index in [1.807, 2.05) is 26.0 Å². The van der Waals surface area contributed by atoms with E-state index in [2.05, 4.69) is 26.1 Å². The summed E-state index contributed by atoms with van der Waals surface area (Å²) < 4.78 is 0. The second-order valence-electron chi connectivity index (χ2n) is 7.02. The van der Waals surface area contributed by atoms with Crippen molar-refractivity contribution >= 4 is 23.3 Å². The number of amides is 1. The summed E-state index contributed by atoms with van der Waals surface area (Å²) in [4.78, 5) is 16.3. The molecular weight excluding hydrogens is 388 g/mol. The van der Waals surface area contributed by atoms with Crippen LogP contribution in [0.4, 0.5) is 5.82 Å². The maximum absolute atomic E-state index is 12.2. The quantitative estimate of drug-likeness (QED) is 0.782.